The quantitative estimate of drug-likeness (QED) is 0.353. The molecule has 1 aliphatic heterocycles. The molecule has 168 valence electrons. The maximum Gasteiger partial charge on any atom is 0.416 e. The zero-order chi connectivity index (χ0) is 23.2. The van der Waals surface area contributed by atoms with Crippen molar-refractivity contribution in [2.45, 2.75) is 25.1 Å². The molecule has 0 saturated carbocycles. The lowest BCUT2D eigenvalue weighted by Gasteiger charge is -2.19. The van der Waals surface area contributed by atoms with E-state index in [1.165, 1.54) is 17.0 Å². The first kappa shape index (κ1) is 21.5. The molecule has 0 aliphatic carbocycles. The summed E-state index contributed by atoms with van der Waals surface area (Å²) in [5.41, 5.74) is 2.26. The molecule has 8 heteroatoms. The first-order chi connectivity index (χ1) is 15.8. The molecular weight excluding hydrogens is 451 g/mol. The number of hydrogen-bond donors (Lipinski definition) is 0. The average Bonchev–Trinajstić information content (AvgIpc) is 3.35. The van der Waals surface area contributed by atoms with Gasteiger partial charge in [-0.05, 0) is 48.0 Å². The van der Waals surface area contributed by atoms with E-state index in [0.717, 1.165) is 34.6 Å². The largest absolute Gasteiger partial charge is 0.416 e. The summed E-state index contributed by atoms with van der Waals surface area (Å²) >= 11 is 6.02. The fourth-order valence-electron chi connectivity index (χ4n) is 4.32. The van der Waals surface area contributed by atoms with E-state index >= 15 is 0 Å². The number of carbonyl (C=O) groups excluding carboxylic acids is 1. The van der Waals surface area contributed by atoms with Gasteiger partial charge in [-0.1, -0.05) is 41.9 Å². The number of amides is 1. The summed E-state index contributed by atoms with van der Waals surface area (Å²) in [7, 11) is 0. The molecule has 1 fully saturated rings. The Hall–Kier alpha value is -3.32. The minimum absolute atomic E-state index is 0.181. The molecule has 4 aromatic rings. The van der Waals surface area contributed by atoms with Crippen LogP contribution in [0, 0.1) is 0 Å². The Bertz CT molecular complexity index is 1330. The van der Waals surface area contributed by atoms with Gasteiger partial charge in [-0.2, -0.15) is 13.2 Å². The van der Waals surface area contributed by atoms with E-state index < -0.39 is 11.7 Å². The Morgan fingerprint density at radius 1 is 1.00 bits per heavy atom. The van der Waals surface area contributed by atoms with Crippen LogP contribution in [0.1, 0.15) is 29.3 Å². The van der Waals surface area contributed by atoms with Crippen molar-refractivity contribution in [3.05, 3.63) is 94.8 Å². The number of nitrogens with zero attached hydrogens (tertiary/aromatic N) is 3. The lowest BCUT2D eigenvalue weighted by atomic mass is 10.1. The average molecular weight is 470 g/mol. The highest BCUT2D eigenvalue weighted by atomic mass is 35.5. The predicted molar refractivity (Wildman–Crippen MR) is 121 cm³/mol. The summed E-state index contributed by atoms with van der Waals surface area (Å²) in [5.74, 6) is 0.283. The van der Waals surface area contributed by atoms with Crippen LogP contribution < -0.4 is 4.90 Å². The van der Waals surface area contributed by atoms with Gasteiger partial charge in [-0.15, -0.1) is 0 Å². The number of benzene rings is 3. The molecule has 33 heavy (non-hydrogen) atoms. The van der Waals surface area contributed by atoms with Crippen molar-refractivity contribution in [2.24, 2.45) is 0 Å². The third-order valence-electron chi connectivity index (χ3n) is 5.91. The Kier molecular flexibility index (Phi) is 5.37. The molecule has 2 heterocycles. The minimum atomic E-state index is -4.47. The first-order valence-electron chi connectivity index (χ1n) is 10.5. The molecule has 0 N–H and O–H groups in total. The Morgan fingerprint density at radius 2 is 1.76 bits per heavy atom. The number of halogens is 4. The van der Waals surface area contributed by atoms with Gasteiger partial charge in [0.1, 0.15) is 5.82 Å². The van der Waals surface area contributed by atoms with Gasteiger partial charge in [-0.25, -0.2) is 4.98 Å². The smallest absolute Gasteiger partial charge is 0.323 e. The predicted octanol–water partition coefficient (Wildman–Crippen LogP) is 6.28. The van der Waals surface area contributed by atoms with Crippen LogP contribution in [-0.2, 0) is 17.5 Å². The van der Waals surface area contributed by atoms with Crippen LogP contribution in [-0.4, -0.2) is 22.0 Å². The van der Waals surface area contributed by atoms with Crippen molar-refractivity contribution in [3.63, 3.8) is 0 Å². The van der Waals surface area contributed by atoms with Crippen LogP contribution in [0.15, 0.2) is 72.8 Å². The number of anilines is 1. The third-order valence-corrected chi connectivity index (χ3v) is 6.17. The molecule has 5 rings (SSSR count). The molecule has 3 aromatic carbocycles. The number of rotatable bonds is 4. The van der Waals surface area contributed by atoms with E-state index in [4.69, 9.17) is 16.6 Å². The van der Waals surface area contributed by atoms with Crippen molar-refractivity contribution >= 4 is 34.2 Å². The van der Waals surface area contributed by atoms with Crippen LogP contribution in [0.4, 0.5) is 18.9 Å². The molecule has 0 unspecified atom stereocenters. The number of aromatic nitrogens is 2. The molecule has 1 amide bonds. The summed E-state index contributed by atoms with van der Waals surface area (Å²) < 4.78 is 41.6. The van der Waals surface area contributed by atoms with Gasteiger partial charge in [0.05, 0.1) is 16.6 Å². The summed E-state index contributed by atoms with van der Waals surface area (Å²) in [4.78, 5) is 19.1. The molecule has 1 saturated heterocycles. The molecule has 1 atom stereocenters. The molecule has 1 aromatic heterocycles. The topological polar surface area (TPSA) is 38.1 Å². The second-order valence-corrected chi connectivity index (χ2v) is 8.56. The Balaban J connectivity index is 1.50. The number of hydrogen-bond acceptors (Lipinski definition) is 2. The van der Waals surface area contributed by atoms with Crippen LogP contribution in [0.2, 0.25) is 5.02 Å². The standard InChI is InChI=1S/C25H19ClF3N3O/c26-19-10-8-16(9-11-19)14-32-22-7-2-1-6-21(22)30-24(32)17-12-23(33)31(15-17)20-5-3-4-18(13-20)25(27,28)29/h1-11,13,17H,12,14-15H2/t17-/m0/s1. The first-order valence-corrected chi connectivity index (χ1v) is 10.8. The highest BCUT2D eigenvalue weighted by molar-refractivity contribution is 6.30. The van der Waals surface area contributed by atoms with Gasteiger partial charge in [0.15, 0.2) is 0 Å². The summed E-state index contributed by atoms with van der Waals surface area (Å²) in [6.07, 6.45) is -4.29. The Labute approximate surface area is 193 Å². The second kappa shape index (κ2) is 8.23. The molecule has 0 bridgehead atoms. The number of carbonyl (C=O) groups is 1. The number of para-hydroxylation sites is 2. The highest BCUT2D eigenvalue weighted by Gasteiger charge is 2.36. The summed E-state index contributed by atoms with van der Waals surface area (Å²) in [6.45, 7) is 0.811. The lowest BCUT2D eigenvalue weighted by molar-refractivity contribution is -0.137. The SMILES string of the molecule is O=C1C[C@H](c2nc3ccccc3n2Cc2ccc(Cl)cc2)CN1c1cccc(C(F)(F)F)c1. The fraction of sp³-hybridized carbons (Fsp3) is 0.200. The van der Waals surface area contributed by atoms with Gasteiger partial charge in [0.25, 0.3) is 0 Å². The third kappa shape index (κ3) is 4.20. The van der Waals surface area contributed by atoms with E-state index in [1.807, 2.05) is 48.5 Å². The maximum atomic E-state index is 13.2. The zero-order valence-corrected chi connectivity index (χ0v) is 18.1. The fourth-order valence-corrected chi connectivity index (χ4v) is 4.45. The number of imidazole rings is 1. The van der Waals surface area contributed by atoms with E-state index in [-0.39, 0.29) is 30.5 Å². The second-order valence-electron chi connectivity index (χ2n) is 8.12. The van der Waals surface area contributed by atoms with Crippen LogP contribution in [0.3, 0.4) is 0 Å². The van der Waals surface area contributed by atoms with Crippen LogP contribution in [0.25, 0.3) is 11.0 Å². The summed E-state index contributed by atoms with van der Waals surface area (Å²) in [5, 5.41) is 0.646. The van der Waals surface area contributed by atoms with Crippen molar-refractivity contribution in [2.75, 3.05) is 11.4 Å². The van der Waals surface area contributed by atoms with Crippen molar-refractivity contribution < 1.29 is 18.0 Å². The van der Waals surface area contributed by atoms with Crippen LogP contribution in [0.5, 0.6) is 0 Å². The van der Waals surface area contributed by atoms with Gasteiger partial charge >= 0.3 is 6.18 Å². The van der Waals surface area contributed by atoms with E-state index in [9.17, 15) is 18.0 Å². The number of alkyl halides is 3. The van der Waals surface area contributed by atoms with Crippen molar-refractivity contribution in [3.8, 4) is 0 Å². The highest BCUT2D eigenvalue weighted by Crippen LogP contribution is 2.36. The molecule has 1 aliphatic rings. The molecule has 0 spiro atoms. The normalized spacial score (nSPS) is 16.7. The van der Waals surface area contributed by atoms with Gasteiger partial charge in [-0.3, -0.25) is 4.79 Å². The van der Waals surface area contributed by atoms with Gasteiger partial charge < -0.3 is 9.47 Å². The van der Waals surface area contributed by atoms with Crippen LogP contribution >= 0.6 is 11.6 Å². The minimum Gasteiger partial charge on any atom is -0.323 e. The van der Waals surface area contributed by atoms with E-state index in [2.05, 4.69) is 4.57 Å². The number of fused-ring (bicyclic) bond motifs is 1. The maximum absolute atomic E-state index is 13.2. The van der Waals surface area contributed by atoms with Crippen molar-refractivity contribution in [1.29, 1.82) is 0 Å². The molecule has 0 radical (unpaired) electrons. The van der Waals surface area contributed by atoms with Crippen molar-refractivity contribution in [1.82, 2.24) is 9.55 Å². The van der Waals surface area contributed by atoms with E-state index in [0.29, 0.717) is 11.6 Å². The monoisotopic (exact) mass is 469 g/mol. The molecular formula is C25H19ClF3N3O. The van der Waals surface area contributed by atoms with E-state index in [1.54, 1.807) is 0 Å². The zero-order valence-electron chi connectivity index (χ0n) is 17.4. The molecule has 4 nitrogen and oxygen atoms in total. The Morgan fingerprint density at radius 3 is 2.52 bits per heavy atom. The summed E-state index contributed by atoms with van der Waals surface area (Å²) in [6, 6.07) is 20.1. The van der Waals surface area contributed by atoms with Gasteiger partial charge in [0, 0.05) is 36.1 Å². The van der Waals surface area contributed by atoms with Gasteiger partial charge in [0.2, 0.25) is 5.91 Å². The lowest BCUT2D eigenvalue weighted by Crippen LogP contribution is -2.25.